The molecular weight excluding hydrogens is 214 g/mol. The van der Waals surface area contributed by atoms with Gasteiger partial charge in [-0.2, -0.15) is 5.26 Å². The van der Waals surface area contributed by atoms with Gasteiger partial charge in [-0.05, 0) is 19.3 Å². The molecule has 0 rings (SSSR count). The molecule has 4 nitrogen and oxygen atoms in total. The van der Waals surface area contributed by atoms with Crippen LogP contribution in [0, 0.1) is 22.7 Å². The number of nitrogens with two attached hydrogens (primary N) is 1. The lowest BCUT2D eigenvalue weighted by Crippen LogP contribution is -2.42. The summed E-state index contributed by atoms with van der Waals surface area (Å²) >= 11 is 0. The SMILES string of the molecule is CCN(CC(C)C#N)C(=O)CC(N)C(C)(C)C. The Labute approximate surface area is 105 Å². The third kappa shape index (κ3) is 5.69. The van der Waals surface area contributed by atoms with Crippen molar-refractivity contribution in [2.75, 3.05) is 13.1 Å². The fourth-order valence-corrected chi connectivity index (χ4v) is 1.40. The minimum Gasteiger partial charge on any atom is -0.342 e. The zero-order chi connectivity index (χ0) is 13.6. The zero-order valence-electron chi connectivity index (χ0n) is 11.7. The zero-order valence-corrected chi connectivity index (χ0v) is 11.7. The van der Waals surface area contributed by atoms with Crippen LogP contribution in [0.1, 0.15) is 41.0 Å². The lowest BCUT2D eigenvalue weighted by molar-refractivity contribution is -0.132. The molecule has 4 heteroatoms. The van der Waals surface area contributed by atoms with Crippen molar-refractivity contribution in [3.63, 3.8) is 0 Å². The summed E-state index contributed by atoms with van der Waals surface area (Å²) < 4.78 is 0. The molecule has 0 bridgehead atoms. The summed E-state index contributed by atoms with van der Waals surface area (Å²) in [6.07, 6.45) is 0.343. The van der Waals surface area contributed by atoms with Crippen molar-refractivity contribution in [3.8, 4) is 6.07 Å². The van der Waals surface area contributed by atoms with Gasteiger partial charge in [0.15, 0.2) is 0 Å². The highest BCUT2D eigenvalue weighted by molar-refractivity contribution is 5.76. The first kappa shape index (κ1) is 15.9. The van der Waals surface area contributed by atoms with E-state index in [4.69, 9.17) is 11.0 Å². The summed E-state index contributed by atoms with van der Waals surface area (Å²) in [6.45, 7) is 10.9. The number of amides is 1. The standard InChI is InChI=1S/C13H25N3O/c1-6-16(9-10(2)8-14)12(17)7-11(15)13(3,4)5/h10-11H,6-7,9,15H2,1-5H3. The second kappa shape index (κ2) is 6.61. The second-order valence-corrected chi connectivity index (χ2v) is 5.64. The Kier molecular flexibility index (Phi) is 6.19. The summed E-state index contributed by atoms with van der Waals surface area (Å²) in [5, 5.41) is 8.76. The fourth-order valence-electron chi connectivity index (χ4n) is 1.40. The lowest BCUT2D eigenvalue weighted by atomic mass is 9.85. The highest BCUT2D eigenvalue weighted by Gasteiger charge is 2.25. The van der Waals surface area contributed by atoms with E-state index in [2.05, 4.69) is 6.07 Å². The van der Waals surface area contributed by atoms with Gasteiger partial charge in [0.25, 0.3) is 0 Å². The van der Waals surface area contributed by atoms with E-state index in [9.17, 15) is 4.79 Å². The smallest absolute Gasteiger partial charge is 0.224 e. The minimum atomic E-state index is -0.151. The van der Waals surface area contributed by atoms with Gasteiger partial charge in [-0.3, -0.25) is 4.79 Å². The minimum absolute atomic E-state index is 0.0389. The van der Waals surface area contributed by atoms with Crippen molar-refractivity contribution in [2.24, 2.45) is 17.1 Å². The molecule has 0 heterocycles. The highest BCUT2D eigenvalue weighted by Crippen LogP contribution is 2.20. The first-order chi connectivity index (χ1) is 7.72. The molecule has 0 aliphatic rings. The number of carbonyl (C=O) groups excluding carboxylic acids is 1. The quantitative estimate of drug-likeness (QED) is 0.794. The maximum absolute atomic E-state index is 12.0. The Balaban J connectivity index is 4.42. The molecule has 0 radical (unpaired) electrons. The molecule has 0 aliphatic heterocycles. The Hall–Kier alpha value is -1.08. The van der Waals surface area contributed by atoms with Crippen LogP contribution in [0.2, 0.25) is 0 Å². The maximum Gasteiger partial charge on any atom is 0.224 e. The molecule has 0 aromatic heterocycles. The molecule has 1 amide bonds. The summed E-state index contributed by atoms with van der Waals surface area (Å²) in [5.74, 6) is -0.0956. The third-order valence-electron chi connectivity index (χ3n) is 2.96. The van der Waals surface area contributed by atoms with Gasteiger partial charge in [-0.1, -0.05) is 20.8 Å². The molecule has 0 spiro atoms. The van der Waals surface area contributed by atoms with Crippen molar-refractivity contribution in [2.45, 2.75) is 47.1 Å². The fraction of sp³-hybridized carbons (Fsp3) is 0.846. The molecule has 0 aromatic rings. The number of nitriles is 1. The Morgan fingerprint density at radius 1 is 1.47 bits per heavy atom. The Morgan fingerprint density at radius 3 is 2.35 bits per heavy atom. The first-order valence-corrected chi connectivity index (χ1v) is 6.15. The van der Waals surface area contributed by atoms with E-state index in [1.807, 2.05) is 34.6 Å². The predicted octanol–water partition coefficient (Wildman–Crippen LogP) is 1.76. The molecule has 98 valence electrons. The van der Waals surface area contributed by atoms with Gasteiger partial charge in [-0.25, -0.2) is 0 Å². The molecule has 0 aliphatic carbocycles. The van der Waals surface area contributed by atoms with E-state index in [-0.39, 0.29) is 23.3 Å². The van der Waals surface area contributed by atoms with Crippen molar-refractivity contribution >= 4 is 5.91 Å². The van der Waals surface area contributed by atoms with Crippen molar-refractivity contribution < 1.29 is 4.79 Å². The van der Waals surface area contributed by atoms with E-state index in [0.717, 1.165) is 0 Å². The Morgan fingerprint density at radius 2 is 2.00 bits per heavy atom. The average Bonchev–Trinajstić information content (AvgIpc) is 2.23. The van der Waals surface area contributed by atoms with Gasteiger partial charge >= 0.3 is 0 Å². The van der Waals surface area contributed by atoms with E-state index in [1.165, 1.54) is 0 Å². The molecule has 2 atom stereocenters. The number of carbonyl (C=O) groups is 1. The van der Waals surface area contributed by atoms with Crippen LogP contribution >= 0.6 is 0 Å². The molecular formula is C13H25N3O. The highest BCUT2D eigenvalue weighted by atomic mass is 16.2. The van der Waals surface area contributed by atoms with Gasteiger partial charge < -0.3 is 10.6 Å². The van der Waals surface area contributed by atoms with Gasteiger partial charge in [0.1, 0.15) is 0 Å². The van der Waals surface area contributed by atoms with Crippen molar-refractivity contribution in [1.82, 2.24) is 4.90 Å². The van der Waals surface area contributed by atoms with E-state index in [0.29, 0.717) is 19.5 Å². The molecule has 0 fully saturated rings. The second-order valence-electron chi connectivity index (χ2n) is 5.64. The largest absolute Gasteiger partial charge is 0.342 e. The van der Waals surface area contributed by atoms with Crippen LogP contribution in [-0.2, 0) is 4.79 Å². The number of nitrogens with zero attached hydrogens (tertiary/aromatic N) is 2. The van der Waals surface area contributed by atoms with Crippen molar-refractivity contribution in [3.05, 3.63) is 0 Å². The van der Waals surface area contributed by atoms with Crippen molar-refractivity contribution in [1.29, 1.82) is 5.26 Å². The first-order valence-electron chi connectivity index (χ1n) is 6.15. The summed E-state index contributed by atoms with van der Waals surface area (Å²) in [5.41, 5.74) is 5.92. The van der Waals surface area contributed by atoms with Crippen LogP contribution in [0.15, 0.2) is 0 Å². The Bertz CT molecular complexity index is 288. The third-order valence-corrected chi connectivity index (χ3v) is 2.96. The predicted molar refractivity (Wildman–Crippen MR) is 69.1 cm³/mol. The maximum atomic E-state index is 12.0. The normalized spacial score (nSPS) is 14.9. The van der Waals surface area contributed by atoms with Gasteiger partial charge in [-0.15, -0.1) is 0 Å². The summed E-state index contributed by atoms with van der Waals surface area (Å²) in [6, 6.07) is 1.99. The molecule has 0 saturated carbocycles. The number of rotatable bonds is 5. The van der Waals surface area contributed by atoms with Gasteiger partial charge in [0, 0.05) is 25.6 Å². The molecule has 0 aromatic carbocycles. The van der Waals surface area contributed by atoms with Gasteiger partial charge in [0.05, 0.1) is 12.0 Å². The summed E-state index contributed by atoms with van der Waals surface area (Å²) in [7, 11) is 0. The number of hydrogen-bond donors (Lipinski definition) is 1. The van der Waals surface area contributed by atoms with Gasteiger partial charge in [0.2, 0.25) is 5.91 Å². The summed E-state index contributed by atoms with van der Waals surface area (Å²) in [4.78, 5) is 13.7. The molecule has 17 heavy (non-hydrogen) atoms. The van der Waals surface area contributed by atoms with Crippen LogP contribution in [0.25, 0.3) is 0 Å². The van der Waals surface area contributed by atoms with E-state index < -0.39 is 0 Å². The van der Waals surface area contributed by atoms with E-state index in [1.54, 1.807) is 4.90 Å². The van der Waals surface area contributed by atoms with E-state index >= 15 is 0 Å². The van der Waals surface area contributed by atoms with Crippen LogP contribution in [0.3, 0.4) is 0 Å². The average molecular weight is 239 g/mol. The van der Waals surface area contributed by atoms with Crippen LogP contribution in [-0.4, -0.2) is 29.9 Å². The topological polar surface area (TPSA) is 70.1 Å². The molecule has 2 N–H and O–H groups in total. The number of hydrogen-bond acceptors (Lipinski definition) is 3. The van der Waals surface area contributed by atoms with Crippen LogP contribution in [0.4, 0.5) is 0 Å². The molecule has 2 unspecified atom stereocenters. The molecule has 0 saturated heterocycles. The van der Waals surface area contributed by atoms with Crippen LogP contribution in [0.5, 0.6) is 0 Å². The van der Waals surface area contributed by atoms with Crippen LogP contribution < -0.4 is 5.73 Å². The monoisotopic (exact) mass is 239 g/mol. The lowest BCUT2D eigenvalue weighted by Gasteiger charge is -2.29.